The monoisotopic (exact) mass is 260 g/mol. The molecule has 0 radical (unpaired) electrons. The smallest absolute Gasteiger partial charge is 0.234 e. The number of hydrogen-bond acceptors (Lipinski definition) is 3. The first kappa shape index (κ1) is 12.5. The molecule has 0 aromatic heterocycles. The minimum atomic E-state index is 0.150. The second-order valence-corrected chi connectivity index (χ2v) is 5.40. The lowest BCUT2D eigenvalue weighted by atomic mass is 9.96. The van der Waals surface area contributed by atoms with E-state index in [9.17, 15) is 4.79 Å². The van der Waals surface area contributed by atoms with E-state index in [0.29, 0.717) is 12.5 Å². The van der Waals surface area contributed by atoms with E-state index in [2.05, 4.69) is 22.3 Å². The molecule has 1 aromatic rings. The van der Waals surface area contributed by atoms with E-state index in [1.165, 1.54) is 5.56 Å². The van der Waals surface area contributed by atoms with E-state index in [4.69, 9.17) is 4.74 Å². The van der Waals surface area contributed by atoms with Crippen LogP contribution in [0.15, 0.2) is 24.3 Å². The van der Waals surface area contributed by atoms with Crippen molar-refractivity contribution < 1.29 is 9.53 Å². The fraction of sp³-hybridized carbons (Fsp3) is 0.533. The molecule has 1 N–H and O–H groups in total. The van der Waals surface area contributed by atoms with Crippen LogP contribution >= 0.6 is 0 Å². The molecule has 0 spiro atoms. The molecular formula is C15H20N2O2. The second-order valence-electron chi connectivity index (χ2n) is 5.40. The van der Waals surface area contributed by atoms with Crippen molar-refractivity contribution in [3.05, 3.63) is 29.8 Å². The third kappa shape index (κ3) is 3.07. The quantitative estimate of drug-likeness (QED) is 0.864. The van der Waals surface area contributed by atoms with Crippen molar-refractivity contribution in [2.24, 2.45) is 5.92 Å². The summed E-state index contributed by atoms with van der Waals surface area (Å²) in [6.07, 6.45) is 2.11. The summed E-state index contributed by atoms with van der Waals surface area (Å²) in [4.78, 5) is 13.7. The SMILES string of the molecule is O=C1CN(C[C@H]2CCOc3ccccc3C2)CCN1. The first-order valence-electron chi connectivity index (χ1n) is 7.01. The normalized spacial score (nSPS) is 24.0. The summed E-state index contributed by atoms with van der Waals surface area (Å²) < 4.78 is 5.79. The molecule has 102 valence electrons. The molecule has 1 fully saturated rings. The molecule has 1 saturated heterocycles. The lowest BCUT2D eigenvalue weighted by Gasteiger charge is -2.29. The van der Waals surface area contributed by atoms with Crippen LogP contribution < -0.4 is 10.1 Å². The Morgan fingerprint density at radius 1 is 1.37 bits per heavy atom. The van der Waals surface area contributed by atoms with Gasteiger partial charge in [-0.25, -0.2) is 0 Å². The van der Waals surface area contributed by atoms with Gasteiger partial charge in [-0.3, -0.25) is 9.69 Å². The zero-order valence-electron chi connectivity index (χ0n) is 11.1. The molecule has 1 amide bonds. The zero-order chi connectivity index (χ0) is 13.1. The van der Waals surface area contributed by atoms with Crippen LogP contribution in [0.1, 0.15) is 12.0 Å². The van der Waals surface area contributed by atoms with Crippen molar-refractivity contribution in [2.75, 3.05) is 32.8 Å². The van der Waals surface area contributed by atoms with Gasteiger partial charge in [0.25, 0.3) is 0 Å². The Morgan fingerprint density at radius 2 is 2.26 bits per heavy atom. The van der Waals surface area contributed by atoms with Crippen molar-refractivity contribution in [2.45, 2.75) is 12.8 Å². The molecule has 2 aliphatic heterocycles. The summed E-state index contributed by atoms with van der Waals surface area (Å²) in [6, 6.07) is 8.29. The Kier molecular flexibility index (Phi) is 3.69. The van der Waals surface area contributed by atoms with Gasteiger partial charge in [0, 0.05) is 19.6 Å². The highest BCUT2D eigenvalue weighted by atomic mass is 16.5. The first-order valence-corrected chi connectivity index (χ1v) is 7.01. The van der Waals surface area contributed by atoms with Gasteiger partial charge in [-0.15, -0.1) is 0 Å². The van der Waals surface area contributed by atoms with Crippen molar-refractivity contribution in [1.82, 2.24) is 10.2 Å². The lowest BCUT2D eigenvalue weighted by molar-refractivity contribution is -0.124. The number of nitrogens with zero attached hydrogens (tertiary/aromatic N) is 1. The largest absolute Gasteiger partial charge is 0.493 e. The molecule has 0 unspecified atom stereocenters. The lowest BCUT2D eigenvalue weighted by Crippen LogP contribution is -2.49. The molecule has 1 atom stereocenters. The summed E-state index contributed by atoms with van der Waals surface area (Å²) in [5, 5.41) is 2.87. The van der Waals surface area contributed by atoms with Crippen molar-refractivity contribution in [3.8, 4) is 5.75 Å². The van der Waals surface area contributed by atoms with Gasteiger partial charge in [0.1, 0.15) is 5.75 Å². The standard InChI is InChI=1S/C15H20N2O2/c18-15-11-17(7-6-16-15)10-12-5-8-19-14-4-2-1-3-13(14)9-12/h1-4,12H,5-11H2,(H,16,18)/t12-/m0/s1. The zero-order valence-corrected chi connectivity index (χ0v) is 11.1. The van der Waals surface area contributed by atoms with Crippen LogP contribution in [0.3, 0.4) is 0 Å². The molecule has 19 heavy (non-hydrogen) atoms. The molecule has 2 aliphatic rings. The number of ether oxygens (including phenoxy) is 1. The molecule has 0 bridgehead atoms. The fourth-order valence-corrected chi connectivity index (χ4v) is 2.93. The fourth-order valence-electron chi connectivity index (χ4n) is 2.93. The minimum absolute atomic E-state index is 0.150. The highest BCUT2D eigenvalue weighted by Gasteiger charge is 2.22. The predicted octanol–water partition coefficient (Wildman–Crippen LogP) is 1.06. The van der Waals surface area contributed by atoms with Crippen LogP contribution in [0, 0.1) is 5.92 Å². The Balaban J connectivity index is 1.64. The van der Waals surface area contributed by atoms with Crippen LogP contribution in [-0.2, 0) is 11.2 Å². The van der Waals surface area contributed by atoms with Gasteiger partial charge in [-0.2, -0.15) is 0 Å². The maximum Gasteiger partial charge on any atom is 0.234 e. The number of carbonyl (C=O) groups excluding carboxylic acids is 1. The van der Waals surface area contributed by atoms with Gasteiger partial charge in [0.15, 0.2) is 0 Å². The van der Waals surface area contributed by atoms with Crippen molar-refractivity contribution in [1.29, 1.82) is 0 Å². The topological polar surface area (TPSA) is 41.6 Å². The van der Waals surface area contributed by atoms with E-state index in [1.807, 2.05) is 12.1 Å². The molecule has 1 aromatic carbocycles. The Bertz CT molecular complexity index is 461. The van der Waals surface area contributed by atoms with Gasteiger partial charge >= 0.3 is 0 Å². The number of hydrogen-bond donors (Lipinski definition) is 1. The van der Waals surface area contributed by atoms with Crippen LogP contribution in [0.2, 0.25) is 0 Å². The van der Waals surface area contributed by atoms with Gasteiger partial charge in [-0.05, 0) is 30.4 Å². The number of rotatable bonds is 2. The average Bonchev–Trinajstić information content (AvgIpc) is 2.60. The van der Waals surface area contributed by atoms with E-state index >= 15 is 0 Å². The van der Waals surface area contributed by atoms with E-state index < -0.39 is 0 Å². The number of para-hydroxylation sites is 1. The predicted molar refractivity (Wildman–Crippen MR) is 73.2 cm³/mol. The molecule has 0 saturated carbocycles. The van der Waals surface area contributed by atoms with Crippen LogP contribution in [0.4, 0.5) is 0 Å². The molecule has 4 nitrogen and oxygen atoms in total. The maximum absolute atomic E-state index is 11.4. The minimum Gasteiger partial charge on any atom is -0.493 e. The van der Waals surface area contributed by atoms with Gasteiger partial charge in [-0.1, -0.05) is 18.2 Å². The molecule has 4 heteroatoms. The number of fused-ring (bicyclic) bond motifs is 1. The van der Waals surface area contributed by atoms with E-state index in [0.717, 1.165) is 44.8 Å². The van der Waals surface area contributed by atoms with Gasteiger partial charge in [0.05, 0.1) is 13.2 Å². The highest BCUT2D eigenvalue weighted by Crippen LogP contribution is 2.27. The number of piperazine rings is 1. The second kappa shape index (κ2) is 5.61. The van der Waals surface area contributed by atoms with Gasteiger partial charge < -0.3 is 10.1 Å². The average molecular weight is 260 g/mol. The third-order valence-electron chi connectivity index (χ3n) is 3.90. The maximum atomic E-state index is 11.4. The van der Waals surface area contributed by atoms with Crippen LogP contribution in [0.5, 0.6) is 5.75 Å². The van der Waals surface area contributed by atoms with Crippen molar-refractivity contribution in [3.63, 3.8) is 0 Å². The van der Waals surface area contributed by atoms with Crippen LogP contribution in [0.25, 0.3) is 0 Å². The number of carbonyl (C=O) groups is 1. The van der Waals surface area contributed by atoms with E-state index in [1.54, 1.807) is 0 Å². The number of benzene rings is 1. The van der Waals surface area contributed by atoms with Crippen molar-refractivity contribution >= 4 is 5.91 Å². The molecular weight excluding hydrogens is 240 g/mol. The summed E-state index contributed by atoms with van der Waals surface area (Å²) in [5.41, 5.74) is 1.30. The summed E-state index contributed by atoms with van der Waals surface area (Å²) in [7, 11) is 0. The highest BCUT2D eigenvalue weighted by molar-refractivity contribution is 5.78. The summed E-state index contributed by atoms with van der Waals surface area (Å²) in [5.74, 6) is 1.76. The van der Waals surface area contributed by atoms with E-state index in [-0.39, 0.29) is 5.91 Å². The Hall–Kier alpha value is -1.55. The van der Waals surface area contributed by atoms with Gasteiger partial charge in [0.2, 0.25) is 5.91 Å². The number of amides is 1. The van der Waals surface area contributed by atoms with Crippen LogP contribution in [-0.4, -0.2) is 43.6 Å². The number of nitrogens with one attached hydrogen (secondary N) is 1. The molecule has 3 rings (SSSR count). The Morgan fingerprint density at radius 3 is 3.16 bits per heavy atom. The molecule has 0 aliphatic carbocycles. The first-order chi connectivity index (χ1) is 9.31. The Labute approximate surface area is 113 Å². The summed E-state index contributed by atoms with van der Waals surface area (Å²) in [6.45, 7) is 4.05. The summed E-state index contributed by atoms with van der Waals surface area (Å²) >= 11 is 0. The molecule has 2 heterocycles. The third-order valence-corrected chi connectivity index (χ3v) is 3.90.